The van der Waals surface area contributed by atoms with Crippen LogP contribution in [0.1, 0.15) is 27.7 Å². The lowest BCUT2D eigenvalue weighted by molar-refractivity contribution is -0.160. The molecule has 0 spiro atoms. The van der Waals surface area contributed by atoms with Crippen molar-refractivity contribution in [1.82, 2.24) is 0 Å². The quantitative estimate of drug-likeness (QED) is 0.393. The molecule has 1 N–H and O–H groups in total. The highest BCUT2D eigenvalue weighted by molar-refractivity contribution is 6.01. The molecule has 28 heavy (non-hydrogen) atoms. The minimum atomic E-state index is -1.34. The fourth-order valence-electron chi connectivity index (χ4n) is 2.65. The van der Waals surface area contributed by atoms with Gasteiger partial charge in [-0.25, -0.2) is 9.59 Å². The molecule has 1 aromatic carbocycles. The van der Waals surface area contributed by atoms with Crippen LogP contribution in [0.15, 0.2) is 55.8 Å². The Kier molecular flexibility index (Phi) is 5.29. The van der Waals surface area contributed by atoms with Crippen LogP contribution in [-0.4, -0.2) is 29.4 Å². The van der Waals surface area contributed by atoms with Gasteiger partial charge in [-0.1, -0.05) is 6.08 Å². The summed E-state index contributed by atoms with van der Waals surface area (Å²) in [6.45, 7) is 6.33. The highest BCUT2D eigenvalue weighted by atomic mass is 16.6. The summed E-state index contributed by atoms with van der Waals surface area (Å²) in [6, 6.07) is 6.23. The first-order chi connectivity index (χ1) is 13.2. The van der Waals surface area contributed by atoms with Gasteiger partial charge in [0, 0.05) is 17.7 Å². The number of fused-ring (bicyclic) bond motifs is 2. The molecule has 0 aliphatic rings. The van der Waals surface area contributed by atoms with E-state index < -0.39 is 23.3 Å². The zero-order valence-electron chi connectivity index (χ0n) is 16.1. The Hall–Kier alpha value is -3.06. The smallest absolute Gasteiger partial charge is 0.336 e. The molecule has 0 saturated heterocycles. The molecule has 0 fully saturated rings. The van der Waals surface area contributed by atoms with E-state index in [1.807, 2.05) is 0 Å². The molecule has 2 heterocycles. The third-order valence-electron chi connectivity index (χ3n) is 4.48. The van der Waals surface area contributed by atoms with E-state index in [1.54, 1.807) is 38.1 Å². The van der Waals surface area contributed by atoms with Crippen LogP contribution in [0.4, 0.5) is 0 Å². The van der Waals surface area contributed by atoms with Crippen LogP contribution >= 0.6 is 0 Å². The Morgan fingerprint density at radius 2 is 1.96 bits per heavy atom. The predicted octanol–water partition coefficient (Wildman–Crippen LogP) is 3.57. The number of benzene rings is 1. The number of allylic oxidation sites excluding steroid dienone is 1. The molecule has 1 atom stereocenters. The summed E-state index contributed by atoms with van der Waals surface area (Å²) in [4.78, 5) is 23.7. The summed E-state index contributed by atoms with van der Waals surface area (Å²) in [5.74, 6) is -0.117. The third kappa shape index (κ3) is 3.94. The fourth-order valence-corrected chi connectivity index (χ4v) is 2.65. The number of rotatable bonds is 6. The molecular formula is C21H22O7. The molecule has 0 bridgehead atoms. The van der Waals surface area contributed by atoms with E-state index in [9.17, 15) is 14.7 Å². The lowest BCUT2D eigenvalue weighted by Gasteiger charge is -2.29. The molecule has 2 aromatic heterocycles. The first-order valence-corrected chi connectivity index (χ1v) is 8.84. The van der Waals surface area contributed by atoms with Crippen LogP contribution < -0.4 is 10.4 Å². The van der Waals surface area contributed by atoms with Crippen LogP contribution in [0.5, 0.6) is 5.75 Å². The highest BCUT2D eigenvalue weighted by Gasteiger charge is 2.32. The van der Waals surface area contributed by atoms with Crippen molar-refractivity contribution in [1.29, 1.82) is 0 Å². The van der Waals surface area contributed by atoms with Crippen molar-refractivity contribution >= 4 is 27.9 Å². The van der Waals surface area contributed by atoms with Crippen molar-refractivity contribution in [3.8, 4) is 5.75 Å². The van der Waals surface area contributed by atoms with Gasteiger partial charge in [0.05, 0.1) is 22.6 Å². The summed E-state index contributed by atoms with van der Waals surface area (Å²) in [5.41, 5.74) is -0.603. The van der Waals surface area contributed by atoms with Crippen LogP contribution in [0.25, 0.3) is 21.9 Å². The number of carbonyl (C=O) groups excluding carboxylic acids is 1. The maximum absolute atomic E-state index is 12.1. The number of furan rings is 1. The highest BCUT2D eigenvalue weighted by Crippen LogP contribution is 2.35. The van der Waals surface area contributed by atoms with Gasteiger partial charge in [-0.05, 0) is 39.8 Å². The first kappa shape index (κ1) is 19.7. The fraction of sp³-hybridized carbons (Fsp3) is 0.333. The zero-order chi connectivity index (χ0) is 20.5. The number of ether oxygens (including phenoxy) is 2. The predicted molar refractivity (Wildman–Crippen MR) is 103 cm³/mol. The largest absolute Gasteiger partial charge is 0.488 e. The second kappa shape index (κ2) is 7.52. The van der Waals surface area contributed by atoms with Crippen molar-refractivity contribution in [3.63, 3.8) is 0 Å². The molecule has 3 rings (SSSR count). The first-order valence-electron chi connectivity index (χ1n) is 8.84. The molecule has 7 heteroatoms. The van der Waals surface area contributed by atoms with Gasteiger partial charge in [0.2, 0.25) is 0 Å². The molecule has 0 unspecified atom stereocenters. The van der Waals surface area contributed by atoms with Crippen molar-refractivity contribution in [2.24, 2.45) is 0 Å². The Balaban J connectivity index is 1.96. The van der Waals surface area contributed by atoms with E-state index in [-0.39, 0.29) is 6.61 Å². The summed E-state index contributed by atoms with van der Waals surface area (Å²) >= 11 is 0. The summed E-state index contributed by atoms with van der Waals surface area (Å²) in [6.07, 6.45) is 2.20. The van der Waals surface area contributed by atoms with Crippen molar-refractivity contribution in [3.05, 3.63) is 52.6 Å². The number of esters is 1. The van der Waals surface area contributed by atoms with E-state index in [1.165, 1.54) is 26.2 Å². The Bertz CT molecular complexity index is 1100. The average Bonchev–Trinajstić information content (AvgIpc) is 3.10. The minimum absolute atomic E-state index is 0.106. The molecule has 0 aliphatic heterocycles. The minimum Gasteiger partial charge on any atom is -0.488 e. The topological polar surface area (TPSA) is 99.1 Å². The van der Waals surface area contributed by atoms with E-state index in [2.05, 4.69) is 0 Å². The van der Waals surface area contributed by atoms with Crippen LogP contribution in [-0.2, 0) is 9.53 Å². The van der Waals surface area contributed by atoms with Crippen LogP contribution in [0, 0.1) is 0 Å². The van der Waals surface area contributed by atoms with Crippen LogP contribution in [0.2, 0.25) is 0 Å². The standard InChI is InChI=1S/C21H22O7/c1-5-12(2)20(23)28-17(21(3,4)24)11-26-19-13-6-7-18(22)27-16(13)10-15-14(19)8-9-25-15/h5-10,17,24H,11H2,1-4H3/t17-/m0/s1. The SMILES string of the molecule is CC=C(C)C(=O)O[C@@H](COc1c2ccoc2cc2oc(=O)ccc12)C(C)(C)O. The molecule has 0 radical (unpaired) electrons. The van der Waals surface area contributed by atoms with Gasteiger partial charge in [0.1, 0.15) is 23.5 Å². The van der Waals surface area contributed by atoms with Crippen molar-refractivity contribution in [2.75, 3.05) is 6.61 Å². The molecule has 3 aromatic rings. The van der Waals surface area contributed by atoms with Crippen molar-refractivity contribution in [2.45, 2.75) is 39.4 Å². The van der Waals surface area contributed by atoms with Crippen molar-refractivity contribution < 1.29 is 28.2 Å². The Morgan fingerprint density at radius 1 is 1.25 bits per heavy atom. The van der Waals surface area contributed by atoms with Gasteiger partial charge in [-0.15, -0.1) is 0 Å². The molecule has 0 saturated carbocycles. The zero-order valence-corrected chi connectivity index (χ0v) is 16.1. The number of hydrogen-bond donors (Lipinski definition) is 1. The lowest BCUT2D eigenvalue weighted by atomic mass is 10.0. The maximum atomic E-state index is 12.1. The second-order valence-corrected chi connectivity index (χ2v) is 7.03. The van der Waals surface area contributed by atoms with Gasteiger partial charge < -0.3 is 23.4 Å². The van der Waals surface area contributed by atoms with E-state index in [4.69, 9.17) is 18.3 Å². The number of carbonyl (C=O) groups is 1. The van der Waals surface area contributed by atoms with Gasteiger partial charge in [0.25, 0.3) is 0 Å². The Morgan fingerprint density at radius 3 is 2.64 bits per heavy atom. The van der Waals surface area contributed by atoms with Gasteiger partial charge >= 0.3 is 11.6 Å². The summed E-state index contributed by atoms with van der Waals surface area (Å²) < 4.78 is 22.0. The van der Waals surface area contributed by atoms with E-state index >= 15 is 0 Å². The Labute approximate surface area is 161 Å². The van der Waals surface area contributed by atoms with Crippen LogP contribution in [0.3, 0.4) is 0 Å². The molecule has 0 amide bonds. The third-order valence-corrected chi connectivity index (χ3v) is 4.48. The molecular weight excluding hydrogens is 364 g/mol. The van der Waals surface area contributed by atoms with E-state index in [0.717, 1.165) is 0 Å². The summed E-state index contributed by atoms with van der Waals surface area (Å²) in [7, 11) is 0. The second-order valence-electron chi connectivity index (χ2n) is 7.03. The van der Waals surface area contributed by atoms with Gasteiger partial charge in [-0.2, -0.15) is 0 Å². The normalized spacial score (nSPS) is 13.7. The number of hydrogen-bond acceptors (Lipinski definition) is 7. The molecule has 7 nitrogen and oxygen atoms in total. The van der Waals surface area contributed by atoms with E-state index in [0.29, 0.717) is 33.3 Å². The summed E-state index contributed by atoms with van der Waals surface area (Å²) in [5, 5.41) is 11.7. The van der Waals surface area contributed by atoms with Gasteiger partial charge in [-0.3, -0.25) is 0 Å². The average molecular weight is 386 g/mol. The lowest BCUT2D eigenvalue weighted by Crippen LogP contribution is -2.44. The van der Waals surface area contributed by atoms with Gasteiger partial charge in [0.15, 0.2) is 6.10 Å². The molecule has 148 valence electrons. The monoisotopic (exact) mass is 386 g/mol. The molecule has 0 aliphatic carbocycles. The maximum Gasteiger partial charge on any atom is 0.336 e. The number of aliphatic hydroxyl groups is 1.